The third-order valence-electron chi connectivity index (χ3n) is 1.82. The van der Waals surface area contributed by atoms with Crippen LogP contribution in [-0.2, 0) is 0 Å². The molecule has 2 unspecified atom stereocenters. The van der Waals surface area contributed by atoms with Crippen molar-refractivity contribution < 1.29 is 5.11 Å². The van der Waals surface area contributed by atoms with Crippen molar-refractivity contribution in [3.63, 3.8) is 0 Å². The van der Waals surface area contributed by atoms with E-state index in [0.29, 0.717) is 17.9 Å². The van der Waals surface area contributed by atoms with Crippen molar-refractivity contribution >= 4 is 11.5 Å². The second-order valence-electron chi connectivity index (χ2n) is 3.46. The first-order valence-corrected chi connectivity index (χ1v) is 4.59. The standard InChI is InChI=1S/C9H16N4O/c1-6(3-7(2)14)13-9-8(10)4-11-5-12-9/h4-7,14H,3,10H2,1-2H3,(H,11,12,13). The Morgan fingerprint density at radius 2 is 2.29 bits per heavy atom. The van der Waals surface area contributed by atoms with Crippen LogP contribution in [0.15, 0.2) is 12.5 Å². The van der Waals surface area contributed by atoms with E-state index in [-0.39, 0.29) is 12.1 Å². The molecule has 2 atom stereocenters. The molecule has 0 saturated heterocycles. The molecule has 0 aromatic carbocycles. The van der Waals surface area contributed by atoms with Gasteiger partial charge in [-0.2, -0.15) is 0 Å². The van der Waals surface area contributed by atoms with Gasteiger partial charge in [0.15, 0.2) is 5.82 Å². The molecular weight excluding hydrogens is 180 g/mol. The predicted molar refractivity (Wildman–Crippen MR) is 55.8 cm³/mol. The Labute approximate surface area is 83.4 Å². The lowest BCUT2D eigenvalue weighted by Gasteiger charge is -2.16. The molecule has 1 rings (SSSR count). The van der Waals surface area contributed by atoms with Gasteiger partial charge in [-0.05, 0) is 20.3 Å². The number of anilines is 2. The molecule has 0 spiro atoms. The molecule has 0 radical (unpaired) electrons. The zero-order valence-corrected chi connectivity index (χ0v) is 8.44. The van der Waals surface area contributed by atoms with E-state index in [2.05, 4.69) is 15.3 Å². The molecule has 78 valence electrons. The minimum absolute atomic E-state index is 0.132. The van der Waals surface area contributed by atoms with Crippen LogP contribution < -0.4 is 11.1 Å². The number of rotatable bonds is 4. The maximum Gasteiger partial charge on any atom is 0.152 e. The highest BCUT2D eigenvalue weighted by Gasteiger charge is 2.08. The molecule has 0 fully saturated rings. The maximum atomic E-state index is 9.17. The van der Waals surface area contributed by atoms with Crippen LogP contribution in [0.2, 0.25) is 0 Å². The normalized spacial score (nSPS) is 14.8. The summed E-state index contributed by atoms with van der Waals surface area (Å²) < 4.78 is 0. The van der Waals surface area contributed by atoms with Gasteiger partial charge < -0.3 is 16.2 Å². The van der Waals surface area contributed by atoms with Gasteiger partial charge in [0.25, 0.3) is 0 Å². The average Bonchev–Trinajstić information content (AvgIpc) is 2.07. The molecule has 1 aromatic rings. The van der Waals surface area contributed by atoms with Gasteiger partial charge in [-0.25, -0.2) is 9.97 Å². The number of nitrogens with one attached hydrogen (secondary N) is 1. The Hall–Kier alpha value is -1.36. The molecule has 14 heavy (non-hydrogen) atoms. The zero-order chi connectivity index (χ0) is 10.6. The molecule has 0 aliphatic carbocycles. The molecule has 5 nitrogen and oxygen atoms in total. The molecule has 4 N–H and O–H groups in total. The van der Waals surface area contributed by atoms with Gasteiger partial charge in [-0.3, -0.25) is 0 Å². The first-order chi connectivity index (χ1) is 6.59. The van der Waals surface area contributed by atoms with Crippen molar-refractivity contribution in [2.75, 3.05) is 11.1 Å². The molecule has 1 heterocycles. The zero-order valence-electron chi connectivity index (χ0n) is 8.44. The highest BCUT2D eigenvalue weighted by molar-refractivity contribution is 5.59. The number of nitrogen functional groups attached to an aromatic ring is 1. The lowest BCUT2D eigenvalue weighted by Crippen LogP contribution is -2.21. The summed E-state index contributed by atoms with van der Waals surface area (Å²) in [4.78, 5) is 7.78. The number of nitrogens with zero attached hydrogens (tertiary/aromatic N) is 2. The van der Waals surface area contributed by atoms with Crippen molar-refractivity contribution in [1.29, 1.82) is 0 Å². The van der Waals surface area contributed by atoms with E-state index in [0.717, 1.165) is 0 Å². The van der Waals surface area contributed by atoms with Crippen molar-refractivity contribution in [2.24, 2.45) is 0 Å². The Balaban J connectivity index is 2.56. The van der Waals surface area contributed by atoms with E-state index in [1.54, 1.807) is 13.1 Å². The SMILES string of the molecule is CC(O)CC(C)Nc1ncncc1N. The lowest BCUT2D eigenvalue weighted by atomic mass is 10.1. The lowest BCUT2D eigenvalue weighted by molar-refractivity contribution is 0.179. The molecule has 1 aromatic heterocycles. The van der Waals surface area contributed by atoms with Crippen molar-refractivity contribution in [3.05, 3.63) is 12.5 Å². The number of aromatic nitrogens is 2. The van der Waals surface area contributed by atoms with Crippen molar-refractivity contribution in [3.8, 4) is 0 Å². The van der Waals surface area contributed by atoms with Gasteiger partial charge in [0.1, 0.15) is 6.33 Å². The number of hydrogen-bond acceptors (Lipinski definition) is 5. The smallest absolute Gasteiger partial charge is 0.152 e. The second-order valence-corrected chi connectivity index (χ2v) is 3.46. The van der Waals surface area contributed by atoms with E-state index in [1.165, 1.54) is 6.33 Å². The van der Waals surface area contributed by atoms with Crippen LogP contribution in [0.4, 0.5) is 11.5 Å². The number of nitrogens with two attached hydrogens (primary N) is 1. The van der Waals surface area contributed by atoms with Crippen LogP contribution in [0.25, 0.3) is 0 Å². The first kappa shape index (κ1) is 10.7. The maximum absolute atomic E-state index is 9.17. The summed E-state index contributed by atoms with van der Waals surface area (Å²) in [5, 5.41) is 12.3. The summed E-state index contributed by atoms with van der Waals surface area (Å²) in [6.45, 7) is 3.72. The summed E-state index contributed by atoms with van der Waals surface area (Å²) in [5.41, 5.74) is 6.17. The van der Waals surface area contributed by atoms with Crippen LogP contribution in [0.3, 0.4) is 0 Å². The van der Waals surface area contributed by atoms with Crippen molar-refractivity contribution in [1.82, 2.24) is 9.97 Å². The fourth-order valence-electron chi connectivity index (χ4n) is 1.26. The summed E-state index contributed by atoms with van der Waals surface area (Å²) in [6, 6.07) is 0.132. The van der Waals surface area contributed by atoms with Gasteiger partial charge in [0.05, 0.1) is 18.0 Å². The van der Waals surface area contributed by atoms with E-state index in [9.17, 15) is 0 Å². The van der Waals surface area contributed by atoms with Crippen LogP contribution in [-0.4, -0.2) is 27.2 Å². The quantitative estimate of drug-likeness (QED) is 0.657. The van der Waals surface area contributed by atoms with Gasteiger partial charge in [0.2, 0.25) is 0 Å². The molecule has 0 saturated carbocycles. The van der Waals surface area contributed by atoms with Crippen LogP contribution in [0.1, 0.15) is 20.3 Å². The fourth-order valence-corrected chi connectivity index (χ4v) is 1.26. The van der Waals surface area contributed by atoms with Crippen molar-refractivity contribution in [2.45, 2.75) is 32.4 Å². The number of hydrogen-bond donors (Lipinski definition) is 3. The number of aliphatic hydroxyl groups is 1. The first-order valence-electron chi connectivity index (χ1n) is 4.59. The second kappa shape index (κ2) is 4.76. The van der Waals surface area contributed by atoms with Crippen LogP contribution in [0.5, 0.6) is 0 Å². The van der Waals surface area contributed by atoms with E-state index < -0.39 is 0 Å². The van der Waals surface area contributed by atoms with Gasteiger partial charge >= 0.3 is 0 Å². The topological polar surface area (TPSA) is 84.1 Å². The van der Waals surface area contributed by atoms with Gasteiger partial charge in [-0.1, -0.05) is 0 Å². The van der Waals surface area contributed by atoms with Gasteiger partial charge in [-0.15, -0.1) is 0 Å². The highest BCUT2D eigenvalue weighted by Crippen LogP contribution is 2.14. The molecule has 0 bridgehead atoms. The molecule has 0 aliphatic rings. The third-order valence-corrected chi connectivity index (χ3v) is 1.82. The minimum atomic E-state index is -0.333. The minimum Gasteiger partial charge on any atom is -0.394 e. The summed E-state index contributed by atoms with van der Waals surface area (Å²) in [7, 11) is 0. The Kier molecular flexibility index (Phi) is 3.64. The molecule has 0 amide bonds. The highest BCUT2D eigenvalue weighted by atomic mass is 16.3. The Morgan fingerprint density at radius 3 is 2.86 bits per heavy atom. The third kappa shape index (κ3) is 3.18. The molecular formula is C9H16N4O. The largest absolute Gasteiger partial charge is 0.394 e. The Bertz CT molecular complexity index is 290. The summed E-state index contributed by atoms with van der Waals surface area (Å²) in [5.74, 6) is 0.619. The van der Waals surface area contributed by atoms with E-state index in [4.69, 9.17) is 10.8 Å². The van der Waals surface area contributed by atoms with E-state index >= 15 is 0 Å². The summed E-state index contributed by atoms with van der Waals surface area (Å²) >= 11 is 0. The monoisotopic (exact) mass is 196 g/mol. The summed E-state index contributed by atoms with van der Waals surface area (Å²) in [6.07, 6.45) is 3.31. The van der Waals surface area contributed by atoms with Gasteiger partial charge in [0, 0.05) is 6.04 Å². The fraction of sp³-hybridized carbons (Fsp3) is 0.556. The van der Waals surface area contributed by atoms with Crippen LogP contribution >= 0.6 is 0 Å². The average molecular weight is 196 g/mol. The molecule has 5 heteroatoms. The van der Waals surface area contributed by atoms with E-state index in [1.807, 2.05) is 6.92 Å². The van der Waals surface area contributed by atoms with Crippen LogP contribution in [0, 0.1) is 0 Å². The predicted octanol–water partition coefficient (Wildman–Crippen LogP) is 0.630. The number of aliphatic hydroxyl groups excluding tert-OH is 1. The Morgan fingerprint density at radius 1 is 1.57 bits per heavy atom. The molecule has 0 aliphatic heterocycles.